The van der Waals surface area contributed by atoms with Gasteiger partial charge in [0.05, 0.1) is 36.6 Å². The zero-order valence-corrected chi connectivity index (χ0v) is 25.1. The maximum absolute atomic E-state index is 14.1. The number of nitrogens with one attached hydrogen (secondary N) is 1. The number of anilines is 1. The third kappa shape index (κ3) is 7.42. The number of aliphatic imine (C=N–C) groups is 1. The predicted molar refractivity (Wildman–Crippen MR) is 163 cm³/mol. The number of methoxy groups -OCH3 is 1. The van der Waals surface area contributed by atoms with Gasteiger partial charge in [-0.1, -0.05) is 36.0 Å². The van der Waals surface area contributed by atoms with E-state index in [0.29, 0.717) is 50.1 Å². The number of hydrogen-bond acceptors (Lipinski definition) is 8. The van der Waals surface area contributed by atoms with E-state index in [1.165, 1.54) is 39.5 Å². The molecule has 13 heteroatoms. The second-order valence-corrected chi connectivity index (χ2v) is 12.9. The minimum Gasteiger partial charge on any atom is -0.497 e. The molecule has 3 aromatic carbocycles. The molecule has 2 saturated heterocycles. The van der Waals surface area contributed by atoms with Crippen molar-refractivity contribution in [3.63, 3.8) is 0 Å². The van der Waals surface area contributed by atoms with Gasteiger partial charge < -0.3 is 14.8 Å². The summed E-state index contributed by atoms with van der Waals surface area (Å²) in [6, 6.07) is 19.5. The van der Waals surface area contributed by atoms with Crippen molar-refractivity contribution in [2.75, 3.05) is 45.3 Å². The van der Waals surface area contributed by atoms with Crippen molar-refractivity contribution in [1.82, 2.24) is 9.21 Å². The minimum absolute atomic E-state index is 0.0420. The number of hydrogen-bond donors (Lipinski definition) is 1. The van der Waals surface area contributed by atoms with Crippen molar-refractivity contribution < 1.29 is 31.9 Å². The van der Waals surface area contributed by atoms with E-state index >= 15 is 0 Å². The van der Waals surface area contributed by atoms with Crippen LogP contribution in [0.2, 0.25) is 0 Å². The standard InChI is InChI=1S/C30H31FN4O6S2/c1-40-23-10-6-21(7-11-23)14-15-35-29(37)27(20-28(36)33-26-5-3-2-4-25(26)31)42-30(35)32-22-8-12-24(13-9-22)43(38,39)34-16-18-41-19-17-34/h2-13,27H,14-20H2,1H3,(H,33,36)/t27-/m1/s1. The van der Waals surface area contributed by atoms with Crippen LogP contribution in [0, 0.1) is 5.82 Å². The number of thioether (sulfide) groups is 1. The molecule has 43 heavy (non-hydrogen) atoms. The van der Waals surface area contributed by atoms with E-state index < -0.39 is 27.0 Å². The van der Waals surface area contributed by atoms with Gasteiger partial charge in [-0.2, -0.15) is 4.31 Å². The zero-order valence-electron chi connectivity index (χ0n) is 23.4. The monoisotopic (exact) mass is 626 g/mol. The highest BCUT2D eigenvalue weighted by molar-refractivity contribution is 8.15. The number of rotatable bonds is 10. The summed E-state index contributed by atoms with van der Waals surface area (Å²) in [6.07, 6.45) is 0.354. The lowest BCUT2D eigenvalue weighted by atomic mass is 10.1. The summed E-state index contributed by atoms with van der Waals surface area (Å²) in [7, 11) is -2.08. The Kier molecular flexibility index (Phi) is 9.76. The number of amidine groups is 1. The molecule has 0 bridgehead atoms. The van der Waals surface area contributed by atoms with Crippen LogP contribution in [0.5, 0.6) is 5.75 Å². The number of morpholine rings is 1. The van der Waals surface area contributed by atoms with E-state index in [0.717, 1.165) is 23.1 Å². The molecular weight excluding hydrogens is 595 g/mol. The van der Waals surface area contributed by atoms with E-state index in [4.69, 9.17) is 9.47 Å². The number of halogens is 1. The third-order valence-electron chi connectivity index (χ3n) is 6.99. The molecule has 2 fully saturated rings. The van der Waals surface area contributed by atoms with Crippen LogP contribution in [-0.2, 0) is 30.8 Å². The highest BCUT2D eigenvalue weighted by Crippen LogP contribution is 2.33. The van der Waals surface area contributed by atoms with Gasteiger partial charge in [0.25, 0.3) is 0 Å². The minimum atomic E-state index is -3.67. The molecule has 2 aliphatic rings. The lowest BCUT2D eigenvalue weighted by Gasteiger charge is -2.26. The molecule has 1 N–H and O–H groups in total. The molecule has 0 aromatic heterocycles. The molecule has 2 amide bonds. The first-order chi connectivity index (χ1) is 20.7. The average molecular weight is 627 g/mol. The van der Waals surface area contributed by atoms with Crippen molar-refractivity contribution in [2.24, 2.45) is 4.99 Å². The van der Waals surface area contributed by atoms with Crippen LogP contribution in [0.15, 0.2) is 82.7 Å². The van der Waals surface area contributed by atoms with E-state index in [2.05, 4.69) is 10.3 Å². The van der Waals surface area contributed by atoms with Gasteiger partial charge in [0.2, 0.25) is 21.8 Å². The van der Waals surface area contributed by atoms with Gasteiger partial charge in [0.15, 0.2) is 5.17 Å². The Bertz CT molecular complexity index is 1590. The van der Waals surface area contributed by atoms with Gasteiger partial charge in [-0.15, -0.1) is 0 Å². The number of nitrogens with zero attached hydrogens (tertiary/aromatic N) is 3. The highest BCUT2D eigenvalue weighted by Gasteiger charge is 2.39. The summed E-state index contributed by atoms with van der Waals surface area (Å²) in [5, 5.41) is 2.17. The fraction of sp³-hybridized carbons (Fsp3) is 0.300. The number of para-hydroxylation sites is 1. The lowest BCUT2D eigenvalue weighted by molar-refractivity contribution is -0.128. The summed E-state index contributed by atoms with van der Waals surface area (Å²) in [4.78, 5) is 32.6. The summed E-state index contributed by atoms with van der Waals surface area (Å²) >= 11 is 1.15. The van der Waals surface area contributed by atoms with Crippen LogP contribution < -0.4 is 10.1 Å². The Morgan fingerprint density at radius 1 is 1.07 bits per heavy atom. The van der Waals surface area contributed by atoms with E-state index in [9.17, 15) is 22.4 Å². The van der Waals surface area contributed by atoms with Gasteiger partial charge in [0.1, 0.15) is 16.8 Å². The van der Waals surface area contributed by atoms with Crippen LogP contribution in [-0.4, -0.2) is 79.8 Å². The van der Waals surface area contributed by atoms with E-state index in [1.807, 2.05) is 24.3 Å². The maximum atomic E-state index is 14.1. The topological polar surface area (TPSA) is 118 Å². The average Bonchev–Trinajstić information content (AvgIpc) is 3.30. The molecule has 0 radical (unpaired) electrons. The number of carbonyl (C=O) groups excluding carboxylic acids is 2. The summed E-state index contributed by atoms with van der Waals surface area (Å²) in [6.45, 7) is 1.59. The van der Waals surface area contributed by atoms with E-state index in [1.54, 1.807) is 25.3 Å². The van der Waals surface area contributed by atoms with Gasteiger partial charge in [-0.25, -0.2) is 17.8 Å². The van der Waals surface area contributed by atoms with E-state index in [-0.39, 0.29) is 22.9 Å². The Morgan fingerprint density at radius 3 is 2.44 bits per heavy atom. The fourth-order valence-corrected chi connectivity index (χ4v) is 7.23. The van der Waals surface area contributed by atoms with Crippen molar-refractivity contribution in [3.8, 4) is 5.75 Å². The molecule has 0 spiro atoms. The molecule has 10 nitrogen and oxygen atoms in total. The Morgan fingerprint density at radius 2 is 1.77 bits per heavy atom. The van der Waals surface area contributed by atoms with Crippen LogP contribution >= 0.6 is 11.8 Å². The third-order valence-corrected chi connectivity index (χ3v) is 10.1. The largest absolute Gasteiger partial charge is 0.497 e. The molecule has 2 aliphatic heterocycles. The second-order valence-electron chi connectivity index (χ2n) is 9.83. The number of amides is 2. The van der Waals surface area contributed by atoms with Crippen molar-refractivity contribution in [2.45, 2.75) is 23.0 Å². The lowest BCUT2D eigenvalue weighted by Crippen LogP contribution is -2.40. The van der Waals surface area contributed by atoms with Crippen molar-refractivity contribution in [3.05, 3.63) is 84.2 Å². The first-order valence-electron chi connectivity index (χ1n) is 13.7. The smallest absolute Gasteiger partial charge is 0.243 e. The molecule has 0 aliphatic carbocycles. The molecule has 1 atom stereocenters. The second kappa shape index (κ2) is 13.7. The molecule has 2 heterocycles. The summed E-state index contributed by atoms with van der Waals surface area (Å²) < 4.78 is 51.9. The fourth-order valence-electron chi connectivity index (χ4n) is 4.64. The highest BCUT2D eigenvalue weighted by atomic mass is 32.2. The van der Waals surface area contributed by atoms with Gasteiger partial charge in [-0.05, 0) is 60.5 Å². The predicted octanol–water partition coefficient (Wildman–Crippen LogP) is 4.06. The Balaban J connectivity index is 1.34. The van der Waals surface area contributed by atoms with Crippen molar-refractivity contribution in [1.29, 1.82) is 0 Å². The van der Waals surface area contributed by atoms with Crippen LogP contribution in [0.4, 0.5) is 15.8 Å². The number of ether oxygens (including phenoxy) is 2. The van der Waals surface area contributed by atoms with Crippen LogP contribution in [0.3, 0.4) is 0 Å². The van der Waals surface area contributed by atoms with Crippen molar-refractivity contribution >= 4 is 50.1 Å². The number of carbonyl (C=O) groups is 2. The molecule has 226 valence electrons. The summed E-state index contributed by atoms with van der Waals surface area (Å²) in [5.41, 5.74) is 1.49. The van der Waals surface area contributed by atoms with Crippen LogP contribution in [0.1, 0.15) is 12.0 Å². The summed E-state index contributed by atoms with van der Waals surface area (Å²) in [5.74, 6) is -0.625. The molecule has 5 rings (SSSR count). The zero-order chi connectivity index (χ0) is 30.4. The quantitative estimate of drug-likeness (QED) is 0.361. The molecule has 0 saturated carbocycles. The molecule has 3 aromatic rings. The normalized spacial score (nSPS) is 18.7. The number of benzene rings is 3. The molecular formula is C30H31FN4O6S2. The SMILES string of the molecule is COc1ccc(CCN2C(=O)[C@@H](CC(=O)Nc3ccccc3F)SC2=Nc2ccc(S(=O)(=O)N3CCOCC3)cc2)cc1. The Hall–Kier alpha value is -3.78. The van der Waals surface area contributed by atoms with Crippen LogP contribution in [0.25, 0.3) is 0 Å². The Labute approximate surface area is 253 Å². The van der Waals surface area contributed by atoms with Gasteiger partial charge >= 0.3 is 0 Å². The first-order valence-corrected chi connectivity index (χ1v) is 16.0. The molecule has 0 unspecified atom stereocenters. The number of sulfonamides is 1. The maximum Gasteiger partial charge on any atom is 0.243 e. The van der Waals surface area contributed by atoms with Gasteiger partial charge in [-0.3, -0.25) is 14.5 Å². The first kappa shape index (κ1) is 30.7. The van der Waals surface area contributed by atoms with Gasteiger partial charge in [0, 0.05) is 26.1 Å².